The summed E-state index contributed by atoms with van der Waals surface area (Å²) in [5, 5.41) is 3.99. The molecule has 2 aromatic heterocycles. The monoisotopic (exact) mass is 343 g/mol. The largest absolute Gasteiger partial charge is 0.349 e. The van der Waals surface area contributed by atoms with Gasteiger partial charge in [-0.3, -0.25) is 9.78 Å². The summed E-state index contributed by atoms with van der Waals surface area (Å²) in [5.74, 6) is -0.0295. The van der Waals surface area contributed by atoms with Crippen LogP contribution in [0.5, 0.6) is 0 Å². The van der Waals surface area contributed by atoms with Crippen LogP contribution in [0.4, 0.5) is 0 Å². The van der Waals surface area contributed by atoms with Crippen molar-refractivity contribution in [3.05, 3.63) is 65.0 Å². The number of pyridine rings is 1. The summed E-state index contributed by atoms with van der Waals surface area (Å²) >= 11 is 3.52. The van der Waals surface area contributed by atoms with E-state index in [2.05, 4.69) is 26.2 Å². The van der Waals surface area contributed by atoms with Crippen LogP contribution in [0.3, 0.4) is 0 Å². The molecule has 0 atom stereocenters. The zero-order chi connectivity index (χ0) is 14.7. The molecule has 0 aliphatic carbocycles. The number of rotatable bonds is 4. The summed E-state index contributed by atoms with van der Waals surface area (Å²) in [6, 6.07) is 13.6. The van der Waals surface area contributed by atoms with Gasteiger partial charge in [-0.05, 0) is 30.3 Å². The molecule has 3 aromatic rings. The van der Waals surface area contributed by atoms with Crippen molar-refractivity contribution >= 4 is 32.7 Å². The van der Waals surface area contributed by atoms with Crippen LogP contribution in [-0.2, 0) is 17.9 Å². The molecule has 3 rings (SSSR count). The Bertz CT molecular complexity index is 768. The van der Waals surface area contributed by atoms with E-state index >= 15 is 0 Å². The highest BCUT2D eigenvalue weighted by Crippen LogP contribution is 2.24. The van der Waals surface area contributed by atoms with Gasteiger partial charge in [-0.1, -0.05) is 28.1 Å². The Kier molecular flexibility index (Phi) is 4.01. The summed E-state index contributed by atoms with van der Waals surface area (Å²) in [4.78, 5) is 16.2. The Balaban J connectivity index is 1.68. The van der Waals surface area contributed by atoms with Gasteiger partial charge in [0.05, 0.1) is 12.2 Å². The Morgan fingerprint density at radius 3 is 2.90 bits per heavy atom. The second-order valence-corrected chi connectivity index (χ2v) is 5.57. The molecule has 2 heterocycles. The van der Waals surface area contributed by atoms with Crippen molar-refractivity contribution in [1.82, 2.24) is 14.9 Å². The number of carbonyl (C=O) groups excluding carboxylic acids is 1. The SMILES string of the molecule is O=C(Cn1ccc2c(Br)cccc21)NCc1ccccn1. The van der Waals surface area contributed by atoms with E-state index in [9.17, 15) is 4.79 Å². The number of hydrogen-bond donors (Lipinski definition) is 1. The van der Waals surface area contributed by atoms with E-state index in [0.29, 0.717) is 13.1 Å². The van der Waals surface area contributed by atoms with Crippen molar-refractivity contribution in [3.63, 3.8) is 0 Å². The minimum absolute atomic E-state index is 0.0295. The Hall–Kier alpha value is -2.14. The molecule has 0 radical (unpaired) electrons. The van der Waals surface area contributed by atoms with E-state index < -0.39 is 0 Å². The van der Waals surface area contributed by atoms with Gasteiger partial charge in [0.2, 0.25) is 5.91 Å². The lowest BCUT2D eigenvalue weighted by Crippen LogP contribution is -2.27. The zero-order valence-corrected chi connectivity index (χ0v) is 12.9. The molecule has 0 aliphatic rings. The smallest absolute Gasteiger partial charge is 0.240 e. The lowest BCUT2D eigenvalue weighted by molar-refractivity contribution is -0.121. The molecule has 1 N–H and O–H groups in total. The van der Waals surface area contributed by atoms with E-state index in [-0.39, 0.29) is 5.91 Å². The highest BCUT2D eigenvalue weighted by atomic mass is 79.9. The number of aromatic nitrogens is 2. The molecule has 106 valence electrons. The minimum Gasteiger partial charge on any atom is -0.349 e. The molecule has 1 aromatic carbocycles. The fraction of sp³-hybridized carbons (Fsp3) is 0.125. The fourth-order valence-electron chi connectivity index (χ4n) is 2.23. The molecule has 0 spiro atoms. The highest BCUT2D eigenvalue weighted by Gasteiger charge is 2.07. The van der Waals surface area contributed by atoms with E-state index in [0.717, 1.165) is 21.1 Å². The van der Waals surface area contributed by atoms with Gasteiger partial charge in [-0.15, -0.1) is 0 Å². The molecule has 21 heavy (non-hydrogen) atoms. The Morgan fingerprint density at radius 2 is 2.10 bits per heavy atom. The molecular formula is C16H14BrN3O. The van der Waals surface area contributed by atoms with Gasteiger partial charge < -0.3 is 9.88 Å². The molecule has 0 saturated heterocycles. The summed E-state index contributed by atoms with van der Waals surface area (Å²) in [7, 11) is 0. The minimum atomic E-state index is -0.0295. The number of amides is 1. The molecule has 1 amide bonds. The lowest BCUT2D eigenvalue weighted by atomic mass is 10.2. The van der Waals surface area contributed by atoms with Crippen molar-refractivity contribution in [2.75, 3.05) is 0 Å². The maximum atomic E-state index is 12.0. The first-order valence-electron chi connectivity index (χ1n) is 6.64. The molecule has 0 bridgehead atoms. The van der Waals surface area contributed by atoms with Crippen molar-refractivity contribution in [2.45, 2.75) is 13.1 Å². The third-order valence-corrected chi connectivity index (χ3v) is 3.96. The van der Waals surface area contributed by atoms with E-state index in [1.807, 2.05) is 53.2 Å². The topological polar surface area (TPSA) is 46.9 Å². The van der Waals surface area contributed by atoms with Crippen LogP contribution in [0.25, 0.3) is 10.9 Å². The molecule has 0 saturated carbocycles. The van der Waals surface area contributed by atoms with E-state index in [1.54, 1.807) is 6.20 Å². The number of fused-ring (bicyclic) bond motifs is 1. The van der Waals surface area contributed by atoms with Gasteiger partial charge in [-0.25, -0.2) is 0 Å². The summed E-state index contributed by atoms with van der Waals surface area (Å²) < 4.78 is 2.97. The number of hydrogen-bond acceptors (Lipinski definition) is 2. The number of carbonyl (C=O) groups is 1. The van der Waals surface area contributed by atoms with Crippen LogP contribution >= 0.6 is 15.9 Å². The summed E-state index contributed by atoms with van der Waals surface area (Å²) in [5.41, 5.74) is 1.89. The van der Waals surface area contributed by atoms with Gasteiger partial charge in [-0.2, -0.15) is 0 Å². The molecule has 0 fully saturated rings. The molecule has 4 nitrogen and oxygen atoms in total. The highest BCUT2D eigenvalue weighted by molar-refractivity contribution is 9.10. The Labute approximate surface area is 130 Å². The average molecular weight is 344 g/mol. The van der Waals surface area contributed by atoms with Crippen molar-refractivity contribution in [1.29, 1.82) is 0 Å². The summed E-state index contributed by atoms with van der Waals surface area (Å²) in [6.45, 7) is 0.745. The number of benzene rings is 1. The summed E-state index contributed by atoms with van der Waals surface area (Å²) in [6.07, 6.45) is 3.65. The number of halogens is 1. The average Bonchev–Trinajstić information content (AvgIpc) is 2.91. The van der Waals surface area contributed by atoms with Crippen molar-refractivity contribution < 1.29 is 4.79 Å². The molecule has 5 heteroatoms. The maximum absolute atomic E-state index is 12.0. The van der Waals surface area contributed by atoms with Crippen LogP contribution in [-0.4, -0.2) is 15.5 Å². The standard InChI is InChI=1S/C16H14BrN3O/c17-14-5-3-6-15-13(14)7-9-20(15)11-16(21)19-10-12-4-1-2-8-18-12/h1-9H,10-11H2,(H,19,21). The third kappa shape index (κ3) is 3.13. The zero-order valence-electron chi connectivity index (χ0n) is 11.3. The quantitative estimate of drug-likeness (QED) is 0.791. The fourth-order valence-corrected chi connectivity index (χ4v) is 2.71. The predicted molar refractivity (Wildman–Crippen MR) is 85.7 cm³/mol. The first-order valence-corrected chi connectivity index (χ1v) is 7.43. The molecule has 0 aliphatic heterocycles. The molecular weight excluding hydrogens is 330 g/mol. The van der Waals surface area contributed by atoms with E-state index in [4.69, 9.17) is 0 Å². The first-order chi connectivity index (χ1) is 10.2. The van der Waals surface area contributed by atoms with Crippen molar-refractivity contribution in [2.24, 2.45) is 0 Å². The van der Waals surface area contributed by atoms with Gasteiger partial charge in [0.25, 0.3) is 0 Å². The predicted octanol–water partition coefficient (Wildman–Crippen LogP) is 3.12. The van der Waals surface area contributed by atoms with Gasteiger partial charge in [0.1, 0.15) is 6.54 Å². The lowest BCUT2D eigenvalue weighted by Gasteiger charge is -2.07. The van der Waals surface area contributed by atoms with Gasteiger partial charge in [0, 0.05) is 27.8 Å². The first kappa shape index (κ1) is 13.8. The Morgan fingerprint density at radius 1 is 1.19 bits per heavy atom. The van der Waals surface area contributed by atoms with E-state index in [1.165, 1.54) is 0 Å². The number of nitrogens with one attached hydrogen (secondary N) is 1. The van der Waals surface area contributed by atoms with Crippen LogP contribution < -0.4 is 5.32 Å². The van der Waals surface area contributed by atoms with Gasteiger partial charge >= 0.3 is 0 Å². The second-order valence-electron chi connectivity index (χ2n) is 4.71. The van der Waals surface area contributed by atoms with Crippen LogP contribution in [0, 0.1) is 0 Å². The number of nitrogens with zero attached hydrogens (tertiary/aromatic N) is 2. The molecule has 0 unspecified atom stereocenters. The second kappa shape index (κ2) is 6.10. The van der Waals surface area contributed by atoms with Crippen LogP contribution in [0.2, 0.25) is 0 Å². The normalized spacial score (nSPS) is 10.7. The van der Waals surface area contributed by atoms with Crippen LogP contribution in [0.15, 0.2) is 59.3 Å². The third-order valence-electron chi connectivity index (χ3n) is 3.27. The van der Waals surface area contributed by atoms with Crippen molar-refractivity contribution in [3.8, 4) is 0 Å². The maximum Gasteiger partial charge on any atom is 0.240 e. The van der Waals surface area contributed by atoms with Gasteiger partial charge in [0.15, 0.2) is 0 Å². The van der Waals surface area contributed by atoms with Crippen LogP contribution in [0.1, 0.15) is 5.69 Å².